The zero-order valence-electron chi connectivity index (χ0n) is 23.5. The monoisotopic (exact) mass is 538 g/mol. The maximum atomic E-state index is 15.5. The predicted molar refractivity (Wildman–Crippen MR) is 154 cm³/mol. The van der Waals surface area contributed by atoms with Crippen molar-refractivity contribution in [1.29, 1.82) is 0 Å². The van der Waals surface area contributed by atoms with E-state index in [1.807, 2.05) is 13.8 Å². The van der Waals surface area contributed by atoms with Crippen molar-refractivity contribution in [3.8, 4) is 5.75 Å². The van der Waals surface area contributed by atoms with Crippen LogP contribution in [-0.4, -0.2) is 56.3 Å². The Balaban J connectivity index is 1.75. The van der Waals surface area contributed by atoms with Crippen molar-refractivity contribution in [3.63, 3.8) is 0 Å². The van der Waals surface area contributed by atoms with Gasteiger partial charge in [0, 0.05) is 55.6 Å². The number of nitrogens with zero attached hydrogens (tertiary/aromatic N) is 2. The molecule has 1 fully saturated rings. The summed E-state index contributed by atoms with van der Waals surface area (Å²) in [7, 11) is 1.58. The van der Waals surface area contributed by atoms with Gasteiger partial charge in [0.1, 0.15) is 24.6 Å². The van der Waals surface area contributed by atoms with Crippen LogP contribution in [0, 0.1) is 11.7 Å². The molecule has 0 aliphatic carbocycles. The van der Waals surface area contributed by atoms with Crippen LogP contribution in [0.5, 0.6) is 5.75 Å². The lowest BCUT2D eigenvalue weighted by molar-refractivity contribution is -0.133. The summed E-state index contributed by atoms with van der Waals surface area (Å²) in [6.45, 7) is 9.92. The molecule has 2 N–H and O–H groups in total. The van der Waals surface area contributed by atoms with Crippen molar-refractivity contribution < 1.29 is 23.5 Å². The number of methoxy groups -OCH3 is 1. The van der Waals surface area contributed by atoms with E-state index in [0.29, 0.717) is 72.7 Å². The number of hydrogen-bond acceptors (Lipinski definition) is 6. The van der Waals surface area contributed by atoms with Crippen LogP contribution >= 0.6 is 0 Å². The van der Waals surface area contributed by atoms with E-state index in [-0.39, 0.29) is 18.2 Å². The molecular formula is C30H39FN4O4. The highest BCUT2D eigenvalue weighted by Crippen LogP contribution is 2.36. The smallest absolute Gasteiger partial charge is 0.233 e. The first-order valence-corrected chi connectivity index (χ1v) is 13.3. The number of carbonyl (C=O) groups is 2. The van der Waals surface area contributed by atoms with E-state index in [0.717, 1.165) is 12.0 Å². The van der Waals surface area contributed by atoms with E-state index in [2.05, 4.69) is 22.5 Å². The standard InChI is InChI=1S/C30H39FN4O4/c1-6-21(4)30(29-25(31)16-24(39-15-14-38-5)17-26(29)32-7-2)34-23-10-8-22(9-11-23)33-27(36)18-28(37)35-13-12-20(3)19-35/h7-11,16-17,20,34H,6,12-15,18-19H2,1-5H3,(H,33,36). The van der Waals surface area contributed by atoms with Gasteiger partial charge in [0.2, 0.25) is 11.8 Å². The van der Waals surface area contributed by atoms with Gasteiger partial charge in [-0.1, -0.05) is 13.8 Å². The van der Waals surface area contributed by atoms with E-state index in [9.17, 15) is 9.59 Å². The highest BCUT2D eigenvalue weighted by atomic mass is 19.1. The van der Waals surface area contributed by atoms with Crippen LogP contribution in [0.1, 0.15) is 52.5 Å². The summed E-state index contributed by atoms with van der Waals surface area (Å²) in [4.78, 5) is 31.0. The average molecular weight is 539 g/mol. The second-order valence-corrected chi connectivity index (χ2v) is 9.70. The second-order valence-electron chi connectivity index (χ2n) is 9.70. The maximum Gasteiger partial charge on any atom is 0.233 e. The topological polar surface area (TPSA) is 92.3 Å². The molecule has 0 bridgehead atoms. The third kappa shape index (κ3) is 8.38. The number of benzene rings is 2. The van der Waals surface area contributed by atoms with Crippen LogP contribution in [0.2, 0.25) is 0 Å². The molecule has 39 heavy (non-hydrogen) atoms. The number of halogens is 1. The minimum absolute atomic E-state index is 0.150. The Morgan fingerprint density at radius 3 is 2.44 bits per heavy atom. The van der Waals surface area contributed by atoms with Crippen molar-refractivity contribution >= 4 is 40.8 Å². The highest BCUT2D eigenvalue weighted by molar-refractivity contribution is 6.03. The van der Waals surface area contributed by atoms with Gasteiger partial charge >= 0.3 is 0 Å². The first kappa shape index (κ1) is 29.8. The van der Waals surface area contributed by atoms with Crippen molar-refractivity contribution in [1.82, 2.24) is 4.90 Å². The number of hydrogen-bond donors (Lipinski definition) is 2. The van der Waals surface area contributed by atoms with E-state index in [1.54, 1.807) is 55.5 Å². The van der Waals surface area contributed by atoms with Gasteiger partial charge in [0.15, 0.2) is 0 Å². The normalized spacial score (nSPS) is 15.8. The zero-order valence-corrected chi connectivity index (χ0v) is 23.5. The Labute approximate surface area is 230 Å². The van der Waals surface area contributed by atoms with Crippen LogP contribution in [0.3, 0.4) is 0 Å². The lowest BCUT2D eigenvalue weighted by Gasteiger charge is -2.19. The van der Waals surface area contributed by atoms with Gasteiger partial charge in [-0.2, -0.15) is 0 Å². The SMILES string of the molecule is CC=Nc1cc(OCCOC)cc(F)c1C(Nc1ccc(NC(=O)CC(=O)N2CCC(C)C2)cc1)=C(C)CC. The molecule has 1 atom stereocenters. The van der Waals surface area contributed by atoms with Crippen molar-refractivity contribution in [3.05, 3.63) is 53.4 Å². The van der Waals surface area contributed by atoms with Crippen LogP contribution < -0.4 is 15.4 Å². The lowest BCUT2D eigenvalue weighted by atomic mass is 10.0. The van der Waals surface area contributed by atoms with Gasteiger partial charge < -0.3 is 25.0 Å². The van der Waals surface area contributed by atoms with Gasteiger partial charge in [-0.05, 0) is 62.4 Å². The summed E-state index contributed by atoms with van der Waals surface area (Å²) < 4.78 is 26.1. The molecule has 210 valence electrons. The third-order valence-corrected chi connectivity index (χ3v) is 6.60. The predicted octanol–water partition coefficient (Wildman–Crippen LogP) is 6.02. The van der Waals surface area contributed by atoms with Crippen molar-refractivity contribution in [2.24, 2.45) is 10.9 Å². The van der Waals surface area contributed by atoms with E-state index < -0.39 is 5.82 Å². The molecule has 9 heteroatoms. The number of carbonyl (C=O) groups excluding carboxylic acids is 2. The molecule has 1 saturated heterocycles. The summed E-state index contributed by atoms with van der Waals surface area (Å²) >= 11 is 0. The average Bonchev–Trinajstić information content (AvgIpc) is 3.35. The summed E-state index contributed by atoms with van der Waals surface area (Å²) in [5, 5.41) is 6.13. The molecule has 2 aromatic rings. The molecule has 1 heterocycles. The Morgan fingerprint density at radius 1 is 1.15 bits per heavy atom. The fourth-order valence-electron chi connectivity index (χ4n) is 4.34. The number of aliphatic imine (C=N–C) groups is 1. The van der Waals surface area contributed by atoms with Crippen molar-refractivity contribution in [2.75, 3.05) is 44.0 Å². The summed E-state index contributed by atoms with van der Waals surface area (Å²) in [5.74, 6) is -0.109. The molecule has 2 aromatic carbocycles. The summed E-state index contributed by atoms with van der Waals surface area (Å²) in [5.41, 5.74) is 3.64. The molecule has 8 nitrogen and oxygen atoms in total. The number of allylic oxidation sites excluding steroid dienone is 1. The maximum absolute atomic E-state index is 15.5. The molecule has 1 aliphatic heterocycles. The van der Waals surface area contributed by atoms with Gasteiger partial charge in [0.25, 0.3) is 0 Å². The van der Waals surface area contributed by atoms with Crippen LogP contribution in [-0.2, 0) is 14.3 Å². The van der Waals surface area contributed by atoms with E-state index >= 15 is 4.39 Å². The summed E-state index contributed by atoms with van der Waals surface area (Å²) in [6, 6.07) is 10.1. The number of rotatable bonds is 12. The van der Waals surface area contributed by atoms with Crippen LogP contribution in [0.4, 0.5) is 21.5 Å². The second kappa shape index (κ2) is 14.4. The lowest BCUT2D eigenvalue weighted by Crippen LogP contribution is -2.31. The fraction of sp³-hybridized carbons (Fsp3) is 0.433. The number of likely N-dealkylation sites (tertiary alicyclic amines) is 1. The number of amides is 2. The fourth-order valence-corrected chi connectivity index (χ4v) is 4.34. The Morgan fingerprint density at radius 2 is 1.85 bits per heavy atom. The summed E-state index contributed by atoms with van der Waals surface area (Å²) in [6.07, 6.45) is 3.10. The quantitative estimate of drug-likeness (QED) is 0.196. The molecule has 0 spiro atoms. The number of nitrogens with one attached hydrogen (secondary N) is 2. The minimum atomic E-state index is -0.457. The molecule has 3 rings (SSSR count). The molecule has 1 aliphatic rings. The van der Waals surface area contributed by atoms with Gasteiger partial charge in [-0.25, -0.2) is 4.39 Å². The van der Waals surface area contributed by atoms with Crippen LogP contribution in [0.15, 0.2) is 47.0 Å². The first-order chi connectivity index (χ1) is 18.7. The molecule has 0 saturated carbocycles. The number of ether oxygens (including phenoxy) is 2. The Kier molecular flexibility index (Phi) is 11.0. The van der Waals surface area contributed by atoms with Crippen molar-refractivity contribution in [2.45, 2.75) is 47.0 Å². The first-order valence-electron chi connectivity index (χ1n) is 13.3. The largest absolute Gasteiger partial charge is 0.491 e. The number of anilines is 2. The molecule has 0 aromatic heterocycles. The Bertz CT molecular complexity index is 1210. The van der Waals surface area contributed by atoms with E-state index in [4.69, 9.17) is 9.47 Å². The third-order valence-electron chi connectivity index (χ3n) is 6.60. The van der Waals surface area contributed by atoms with Crippen LogP contribution in [0.25, 0.3) is 5.70 Å². The van der Waals surface area contributed by atoms with E-state index in [1.165, 1.54) is 6.07 Å². The molecule has 0 radical (unpaired) electrons. The molecule has 2 amide bonds. The van der Waals surface area contributed by atoms with Gasteiger partial charge in [-0.15, -0.1) is 0 Å². The zero-order chi connectivity index (χ0) is 28.4. The molecular weight excluding hydrogens is 499 g/mol. The van der Waals surface area contributed by atoms with Gasteiger partial charge in [0.05, 0.1) is 17.9 Å². The minimum Gasteiger partial charge on any atom is -0.491 e. The molecule has 1 unspecified atom stereocenters. The van der Waals surface area contributed by atoms with Gasteiger partial charge in [-0.3, -0.25) is 14.6 Å². The Hall–Kier alpha value is -3.72. The highest BCUT2D eigenvalue weighted by Gasteiger charge is 2.24.